The van der Waals surface area contributed by atoms with Gasteiger partial charge < -0.3 is 9.84 Å². The minimum Gasteiger partial charge on any atom is -0.361 e. The van der Waals surface area contributed by atoms with Gasteiger partial charge in [0.2, 0.25) is 0 Å². The smallest absolute Gasteiger partial charge is 0.267 e. The van der Waals surface area contributed by atoms with E-state index in [2.05, 4.69) is 15.6 Å². The summed E-state index contributed by atoms with van der Waals surface area (Å²) >= 11 is 0. The lowest BCUT2D eigenvalue weighted by atomic mass is 9.90. The summed E-state index contributed by atoms with van der Waals surface area (Å²) < 4.78 is 6.77. The normalized spacial score (nSPS) is 22.3. The van der Waals surface area contributed by atoms with Crippen molar-refractivity contribution in [2.45, 2.75) is 77.3 Å². The molecule has 4 rings (SSSR count). The highest BCUT2D eigenvalue weighted by Crippen LogP contribution is 2.28. The van der Waals surface area contributed by atoms with Crippen molar-refractivity contribution in [2.24, 2.45) is 0 Å². The fourth-order valence-electron chi connectivity index (χ4n) is 4.37. The number of rotatable bonds is 3. The monoisotopic (exact) mass is 370 g/mol. The summed E-state index contributed by atoms with van der Waals surface area (Å²) in [5.74, 6) is 0.419. The van der Waals surface area contributed by atoms with Crippen LogP contribution in [0, 0.1) is 13.8 Å². The summed E-state index contributed by atoms with van der Waals surface area (Å²) in [5, 5.41) is 11.6. The molecule has 2 aliphatic carbocycles. The van der Waals surface area contributed by atoms with Crippen molar-refractivity contribution in [3.05, 3.63) is 44.7 Å². The van der Waals surface area contributed by atoms with Gasteiger partial charge in [-0.15, -0.1) is 0 Å². The van der Waals surface area contributed by atoms with Crippen LogP contribution in [0.25, 0.3) is 0 Å². The zero-order valence-electron chi connectivity index (χ0n) is 16.0. The average Bonchev–Trinajstić information content (AvgIpc) is 3.00. The summed E-state index contributed by atoms with van der Waals surface area (Å²) in [6, 6.07) is 2.01. The van der Waals surface area contributed by atoms with Crippen LogP contribution in [0.3, 0.4) is 0 Å². The maximum atomic E-state index is 12.5. The second-order valence-corrected chi connectivity index (χ2v) is 7.78. The Morgan fingerprint density at radius 2 is 1.93 bits per heavy atom. The van der Waals surface area contributed by atoms with Crippen molar-refractivity contribution >= 4 is 5.91 Å². The highest BCUT2D eigenvalue weighted by molar-refractivity contribution is 5.96. The van der Waals surface area contributed by atoms with Crippen molar-refractivity contribution in [2.75, 3.05) is 0 Å². The van der Waals surface area contributed by atoms with E-state index in [0.717, 1.165) is 62.6 Å². The molecule has 7 heteroatoms. The molecular formula is C20H26N4O3. The molecule has 0 saturated heterocycles. The predicted octanol–water partition coefficient (Wildman–Crippen LogP) is 2.64. The zero-order chi connectivity index (χ0) is 19.0. The van der Waals surface area contributed by atoms with Crippen molar-refractivity contribution in [3.8, 4) is 0 Å². The standard InChI is InChI=1S/C20H26N4O3/c1-12-19(13(2)27-23-12)20(26)21-15-7-9-16(10-8-15)24-18(25)11-14-5-3-4-6-17(14)22-24/h11,15-16H,3-10H2,1-2H3,(H,21,26). The number of nitrogens with one attached hydrogen (secondary N) is 1. The summed E-state index contributed by atoms with van der Waals surface area (Å²) in [7, 11) is 0. The molecule has 2 heterocycles. The van der Waals surface area contributed by atoms with E-state index in [0.29, 0.717) is 17.0 Å². The first-order chi connectivity index (χ1) is 13.0. The number of carbonyl (C=O) groups is 1. The maximum absolute atomic E-state index is 12.5. The van der Waals surface area contributed by atoms with Crippen LogP contribution in [-0.2, 0) is 12.8 Å². The second kappa shape index (κ2) is 7.29. The molecule has 2 aromatic heterocycles. The predicted molar refractivity (Wildman–Crippen MR) is 99.9 cm³/mol. The van der Waals surface area contributed by atoms with E-state index in [1.165, 1.54) is 0 Å². The SMILES string of the molecule is Cc1noc(C)c1C(=O)NC1CCC(n2nc3c(cc2=O)CCCC3)CC1. The molecule has 0 spiro atoms. The van der Waals surface area contributed by atoms with Gasteiger partial charge in [-0.25, -0.2) is 4.68 Å². The topological polar surface area (TPSA) is 90.0 Å². The summed E-state index contributed by atoms with van der Waals surface area (Å²) in [5.41, 5.74) is 3.38. The number of aromatic nitrogens is 3. The highest BCUT2D eigenvalue weighted by atomic mass is 16.5. The van der Waals surface area contributed by atoms with E-state index in [1.54, 1.807) is 24.6 Å². The van der Waals surface area contributed by atoms with E-state index in [9.17, 15) is 9.59 Å². The van der Waals surface area contributed by atoms with E-state index in [-0.39, 0.29) is 23.6 Å². The van der Waals surface area contributed by atoms with Crippen LogP contribution in [-0.4, -0.2) is 26.9 Å². The minimum atomic E-state index is -0.126. The Morgan fingerprint density at radius 3 is 2.63 bits per heavy atom. The minimum absolute atomic E-state index is 0.0128. The van der Waals surface area contributed by atoms with Crippen LogP contribution in [0.5, 0.6) is 0 Å². The van der Waals surface area contributed by atoms with Crippen LogP contribution in [0.4, 0.5) is 0 Å². The molecule has 0 aliphatic heterocycles. The van der Waals surface area contributed by atoms with E-state index >= 15 is 0 Å². The van der Waals surface area contributed by atoms with Crippen LogP contribution in [0.15, 0.2) is 15.4 Å². The number of amides is 1. The number of aryl methyl sites for hydroxylation is 4. The third-order valence-electron chi connectivity index (χ3n) is 5.87. The van der Waals surface area contributed by atoms with Gasteiger partial charge in [0.15, 0.2) is 0 Å². The third-order valence-corrected chi connectivity index (χ3v) is 5.87. The molecule has 0 aromatic carbocycles. The molecule has 1 amide bonds. The molecule has 27 heavy (non-hydrogen) atoms. The fraction of sp³-hybridized carbons (Fsp3) is 0.600. The molecule has 144 valence electrons. The lowest BCUT2D eigenvalue weighted by Crippen LogP contribution is -2.40. The van der Waals surface area contributed by atoms with Crippen LogP contribution in [0.2, 0.25) is 0 Å². The molecule has 7 nitrogen and oxygen atoms in total. The van der Waals surface area contributed by atoms with Gasteiger partial charge in [-0.05, 0) is 70.8 Å². The molecule has 0 radical (unpaired) electrons. The van der Waals surface area contributed by atoms with Gasteiger partial charge in [-0.3, -0.25) is 9.59 Å². The summed E-state index contributed by atoms with van der Waals surface area (Å²) in [6.45, 7) is 3.52. The molecule has 0 atom stereocenters. The van der Waals surface area contributed by atoms with E-state index < -0.39 is 0 Å². The maximum Gasteiger partial charge on any atom is 0.267 e. The molecule has 1 fully saturated rings. The molecule has 1 N–H and O–H groups in total. The number of hydrogen-bond donors (Lipinski definition) is 1. The van der Waals surface area contributed by atoms with Crippen molar-refractivity contribution in [3.63, 3.8) is 0 Å². The summed E-state index contributed by atoms with van der Waals surface area (Å²) in [6.07, 6.45) is 7.61. The molecule has 0 unspecified atom stereocenters. The Kier molecular flexibility index (Phi) is 4.85. The first-order valence-corrected chi connectivity index (χ1v) is 9.88. The highest BCUT2D eigenvalue weighted by Gasteiger charge is 2.27. The number of nitrogens with zero attached hydrogens (tertiary/aromatic N) is 3. The van der Waals surface area contributed by atoms with Gasteiger partial charge >= 0.3 is 0 Å². The van der Waals surface area contributed by atoms with Gasteiger partial charge in [0, 0.05) is 12.1 Å². The largest absolute Gasteiger partial charge is 0.361 e. The molecular weight excluding hydrogens is 344 g/mol. The molecule has 0 bridgehead atoms. The Balaban J connectivity index is 1.41. The third kappa shape index (κ3) is 3.55. The first kappa shape index (κ1) is 17.9. The Hall–Kier alpha value is -2.44. The Labute approximate surface area is 158 Å². The average molecular weight is 370 g/mol. The molecule has 2 aromatic rings. The number of fused-ring (bicyclic) bond motifs is 1. The fourth-order valence-corrected chi connectivity index (χ4v) is 4.37. The Morgan fingerprint density at radius 1 is 1.19 bits per heavy atom. The van der Waals surface area contributed by atoms with E-state index in [1.807, 2.05) is 0 Å². The lowest BCUT2D eigenvalue weighted by molar-refractivity contribution is 0.0919. The van der Waals surface area contributed by atoms with Gasteiger partial charge in [-0.2, -0.15) is 5.10 Å². The quantitative estimate of drug-likeness (QED) is 0.897. The van der Waals surface area contributed by atoms with Crippen LogP contribution in [0.1, 0.15) is 77.6 Å². The Bertz CT molecular complexity index is 887. The van der Waals surface area contributed by atoms with Crippen molar-refractivity contribution < 1.29 is 9.32 Å². The second-order valence-electron chi connectivity index (χ2n) is 7.78. The van der Waals surface area contributed by atoms with Crippen molar-refractivity contribution in [1.82, 2.24) is 20.3 Å². The van der Waals surface area contributed by atoms with Gasteiger partial charge in [-0.1, -0.05) is 5.16 Å². The first-order valence-electron chi connectivity index (χ1n) is 9.88. The summed E-state index contributed by atoms with van der Waals surface area (Å²) in [4.78, 5) is 25.0. The number of carbonyl (C=O) groups excluding carboxylic acids is 1. The van der Waals surface area contributed by atoms with Gasteiger partial charge in [0.05, 0.1) is 17.4 Å². The van der Waals surface area contributed by atoms with Gasteiger partial charge in [0.1, 0.15) is 11.3 Å². The van der Waals surface area contributed by atoms with Crippen LogP contribution >= 0.6 is 0 Å². The number of hydrogen-bond acceptors (Lipinski definition) is 5. The lowest BCUT2D eigenvalue weighted by Gasteiger charge is -2.30. The molecule has 1 saturated carbocycles. The van der Waals surface area contributed by atoms with Crippen LogP contribution < -0.4 is 10.9 Å². The molecule has 2 aliphatic rings. The van der Waals surface area contributed by atoms with E-state index in [4.69, 9.17) is 4.52 Å². The van der Waals surface area contributed by atoms with Gasteiger partial charge in [0.25, 0.3) is 11.5 Å². The zero-order valence-corrected chi connectivity index (χ0v) is 16.0. The van der Waals surface area contributed by atoms with Crippen molar-refractivity contribution in [1.29, 1.82) is 0 Å².